The number of esters is 1. The minimum absolute atomic E-state index is 0.0349. The van der Waals surface area contributed by atoms with Crippen molar-refractivity contribution in [2.45, 2.75) is 32.9 Å². The van der Waals surface area contributed by atoms with E-state index >= 15 is 0 Å². The number of carbonyl (C=O) groups excluding carboxylic acids is 2. The Kier molecular flexibility index (Phi) is 5.85. The van der Waals surface area contributed by atoms with E-state index in [1.165, 1.54) is 19.1 Å². The molecule has 1 unspecified atom stereocenters. The molecule has 128 valence electrons. The topological polar surface area (TPSA) is 73.2 Å². The van der Waals surface area contributed by atoms with Gasteiger partial charge in [0.2, 0.25) is 0 Å². The summed E-state index contributed by atoms with van der Waals surface area (Å²) in [5.41, 5.74) is 0.0349. The number of ether oxygens (including phenoxy) is 1. The van der Waals surface area contributed by atoms with Gasteiger partial charge in [0.05, 0.1) is 21.8 Å². The molecule has 0 saturated carbocycles. The van der Waals surface area contributed by atoms with Gasteiger partial charge in [-0.05, 0) is 32.9 Å². The first-order valence-electron chi connectivity index (χ1n) is 7.30. The normalized spacial score (nSPS) is 12.1. The van der Waals surface area contributed by atoms with Crippen molar-refractivity contribution in [1.29, 1.82) is 0 Å². The number of nitrogens with zero attached hydrogens (tertiary/aromatic N) is 2. The fourth-order valence-corrected chi connectivity index (χ4v) is 2.57. The second-order valence-corrected chi connectivity index (χ2v) is 6.20. The molecule has 24 heavy (non-hydrogen) atoms. The zero-order valence-electron chi connectivity index (χ0n) is 13.4. The SMILES string of the molecule is CC(OC(=O)c1c(Cl)cccc1Cl)C(=O)Nc1ccnn1C(C)C. The lowest BCUT2D eigenvalue weighted by Crippen LogP contribution is -2.31. The monoisotopic (exact) mass is 369 g/mol. The van der Waals surface area contributed by atoms with Crippen molar-refractivity contribution in [2.75, 3.05) is 5.32 Å². The van der Waals surface area contributed by atoms with Crippen molar-refractivity contribution in [2.24, 2.45) is 0 Å². The Bertz CT molecular complexity index is 739. The number of aromatic nitrogens is 2. The van der Waals surface area contributed by atoms with Gasteiger partial charge in [0.25, 0.3) is 5.91 Å². The van der Waals surface area contributed by atoms with Gasteiger partial charge in [-0.1, -0.05) is 29.3 Å². The highest BCUT2D eigenvalue weighted by molar-refractivity contribution is 6.39. The fourth-order valence-electron chi connectivity index (χ4n) is 2.02. The highest BCUT2D eigenvalue weighted by Gasteiger charge is 2.23. The number of amides is 1. The summed E-state index contributed by atoms with van der Waals surface area (Å²) in [6, 6.07) is 6.41. The Morgan fingerprint density at radius 1 is 1.17 bits per heavy atom. The van der Waals surface area contributed by atoms with Crippen molar-refractivity contribution < 1.29 is 14.3 Å². The van der Waals surface area contributed by atoms with E-state index in [1.807, 2.05) is 13.8 Å². The third-order valence-corrected chi connectivity index (χ3v) is 3.86. The van der Waals surface area contributed by atoms with E-state index in [9.17, 15) is 9.59 Å². The summed E-state index contributed by atoms with van der Waals surface area (Å²) in [6.45, 7) is 5.34. The summed E-state index contributed by atoms with van der Waals surface area (Å²) in [7, 11) is 0. The summed E-state index contributed by atoms with van der Waals surface area (Å²) in [5, 5.41) is 7.12. The van der Waals surface area contributed by atoms with Crippen LogP contribution in [-0.2, 0) is 9.53 Å². The predicted octanol–water partition coefficient (Wildman–Crippen LogP) is 3.95. The van der Waals surface area contributed by atoms with Crippen LogP contribution in [0.3, 0.4) is 0 Å². The van der Waals surface area contributed by atoms with E-state index in [4.69, 9.17) is 27.9 Å². The van der Waals surface area contributed by atoms with Gasteiger partial charge in [0.15, 0.2) is 6.10 Å². The number of rotatable bonds is 5. The maximum atomic E-state index is 12.2. The molecule has 0 aliphatic heterocycles. The average molecular weight is 370 g/mol. The molecule has 0 aliphatic carbocycles. The molecule has 0 spiro atoms. The lowest BCUT2D eigenvalue weighted by molar-refractivity contribution is -0.123. The van der Waals surface area contributed by atoms with Gasteiger partial charge in [-0.2, -0.15) is 5.10 Å². The smallest absolute Gasteiger partial charge is 0.341 e. The van der Waals surface area contributed by atoms with Crippen molar-refractivity contribution in [1.82, 2.24) is 9.78 Å². The van der Waals surface area contributed by atoms with Crippen LogP contribution in [0.25, 0.3) is 0 Å². The number of carbonyl (C=O) groups is 2. The van der Waals surface area contributed by atoms with Gasteiger partial charge in [-0.3, -0.25) is 4.79 Å². The Labute approximate surface area is 149 Å². The molecule has 1 amide bonds. The Balaban J connectivity index is 2.06. The van der Waals surface area contributed by atoms with E-state index in [0.717, 1.165) is 0 Å². The van der Waals surface area contributed by atoms with Crippen LogP contribution in [-0.4, -0.2) is 27.8 Å². The number of nitrogens with one attached hydrogen (secondary N) is 1. The third-order valence-electron chi connectivity index (χ3n) is 3.23. The van der Waals surface area contributed by atoms with Gasteiger partial charge < -0.3 is 10.1 Å². The van der Waals surface area contributed by atoms with Crippen LogP contribution < -0.4 is 5.32 Å². The molecular weight excluding hydrogens is 353 g/mol. The second kappa shape index (κ2) is 7.68. The molecule has 0 saturated heterocycles. The zero-order chi connectivity index (χ0) is 17.9. The molecule has 2 aromatic rings. The van der Waals surface area contributed by atoms with E-state index in [2.05, 4.69) is 10.4 Å². The molecule has 2 rings (SSSR count). The summed E-state index contributed by atoms with van der Waals surface area (Å²) in [4.78, 5) is 24.4. The van der Waals surface area contributed by atoms with Crippen LogP contribution in [0.1, 0.15) is 37.2 Å². The molecule has 1 heterocycles. The molecule has 6 nitrogen and oxygen atoms in total. The number of halogens is 2. The summed E-state index contributed by atoms with van der Waals surface area (Å²) in [6.07, 6.45) is 0.552. The first-order valence-corrected chi connectivity index (χ1v) is 8.06. The molecule has 1 aromatic heterocycles. The van der Waals surface area contributed by atoms with Crippen LogP contribution >= 0.6 is 23.2 Å². The highest BCUT2D eigenvalue weighted by Crippen LogP contribution is 2.25. The number of hydrogen-bond donors (Lipinski definition) is 1. The molecule has 1 aromatic carbocycles. The Hall–Kier alpha value is -2.05. The van der Waals surface area contributed by atoms with Gasteiger partial charge in [-0.25, -0.2) is 9.48 Å². The van der Waals surface area contributed by atoms with Gasteiger partial charge in [-0.15, -0.1) is 0 Å². The van der Waals surface area contributed by atoms with E-state index in [1.54, 1.807) is 23.0 Å². The fraction of sp³-hybridized carbons (Fsp3) is 0.312. The quantitative estimate of drug-likeness (QED) is 0.809. The predicted molar refractivity (Wildman–Crippen MR) is 92.6 cm³/mol. The van der Waals surface area contributed by atoms with Crippen LogP contribution in [0, 0.1) is 0 Å². The first kappa shape index (κ1) is 18.3. The summed E-state index contributed by atoms with van der Waals surface area (Å²) in [5.74, 6) is -0.715. The van der Waals surface area contributed by atoms with E-state index in [0.29, 0.717) is 5.82 Å². The maximum absolute atomic E-state index is 12.2. The molecule has 0 fully saturated rings. The third kappa shape index (κ3) is 4.07. The molecule has 1 N–H and O–H groups in total. The lowest BCUT2D eigenvalue weighted by atomic mass is 10.2. The van der Waals surface area contributed by atoms with Crippen LogP contribution in [0.2, 0.25) is 10.0 Å². The van der Waals surface area contributed by atoms with Crippen LogP contribution in [0.5, 0.6) is 0 Å². The summed E-state index contributed by atoms with van der Waals surface area (Å²) < 4.78 is 6.81. The van der Waals surface area contributed by atoms with E-state index < -0.39 is 18.0 Å². The molecule has 8 heteroatoms. The number of benzene rings is 1. The summed E-state index contributed by atoms with van der Waals surface area (Å²) >= 11 is 11.9. The largest absolute Gasteiger partial charge is 0.449 e. The van der Waals surface area contributed by atoms with Gasteiger partial charge in [0, 0.05) is 12.1 Å². The average Bonchev–Trinajstić information content (AvgIpc) is 2.95. The molecule has 0 bridgehead atoms. The lowest BCUT2D eigenvalue weighted by Gasteiger charge is -2.16. The van der Waals surface area contributed by atoms with Crippen molar-refractivity contribution in [3.8, 4) is 0 Å². The zero-order valence-corrected chi connectivity index (χ0v) is 14.9. The highest BCUT2D eigenvalue weighted by atomic mass is 35.5. The standard InChI is InChI=1S/C16H17Cl2N3O3/c1-9(2)21-13(7-8-19-21)20-15(22)10(3)24-16(23)14-11(17)5-4-6-12(14)18/h4-10H,1-3H3,(H,20,22). The molecule has 0 aliphatic rings. The second-order valence-electron chi connectivity index (χ2n) is 5.39. The van der Waals surface area contributed by atoms with Crippen molar-refractivity contribution in [3.05, 3.63) is 46.1 Å². The van der Waals surface area contributed by atoms with Crippen LogP contribution in [0.15, 0.2) is 30.5 Å². The number of hydrogen-bond acceptors (Lipinski definition) is 4. The van der Waals surface area contributed by atoms with E-state index in [-0.39, 0.29) is 21.7 Å². The van der Waals surface area contributed by atoms with Crippen molar-refractivity contribution in [3.63, 3.8) is 0 Å². The minimum Gasteiger partial charge on any atom is -0.449 e. The maximum Gasteiger partial charge on any atom is 0.341 e. The first-order chi connectivity index (χ1) is 11.3. The Morgan fingerprint density at radius 2 is 1.79 bits per heavy atom. The van der Waals surface area contributed by atoms with Crippen molar-refractivity contribution >= 4 is 40.9 Å². The molecule has 0 radical (unpaired) electrons. The Morgan fingerprint density at radius 3 is 2.38 bits per heavy atom. The minimum atomic E-state index is -1.03. The van der Waals surface area contributed by atoms with Gasteiger partial charge in [0.1, 0.15) is 5.82 Å². The number of anilines is 1. The molecule has 1 atom stereocenters. The molecular formula is C16H17Cl2N3O3. The van der Waals surface area contributed by atoms with Gasteiger partial charge >= 0.3 is 5.97 Å². The van der Waals surface area contributed by atoms with Crippen LogP contribution in [0.4, 0.5) is 5.82 Å².